The Bertz CT molecular complexity index is 699. The van der Waals surface area contributed by atoms with Gasteiger partial charge in [0.25, 0.3) is 5.91 Å². The van der Waals surface area contributed by atoms with Crippen LogP contribution in [0.2, 0.25) is 0 Å². The number of carbonyl (C=O) groups is 2. The number of fused-ring (bicyclic) bond motifs is 1. The topological polar surface area (TPSA) is 74.0 Å². The molecule has 1 saturated carbocycles. The van der Waals surface area contributed by atoms with Gasteiger partial charge in [0.2, 0.25) is 0 Å². The minimum atomic E-state index is -5.08. The molecular weight excluding hydrogens is 365 g/mol. The molecule has 1 N–H and O–H groups in total. The number of aliphatic carboxylic acids is 1. The van der Waals surface area contributed by atoms with Crippen LogP contribution in [0.3, 0.4) is 0 Å². The van der Waals surface area contributed by atoms with Gasteiger partial charge in [-0.05, 0) is 44.6 Å². The van der Waals surface area contributed by atoms with E-state index in [9.17, 15) is 18.0 Å². The van der Waals surface area contributed by atoms with E-state index in [4.69, 9.17) is 14.3 Å². The van der Waals surface area contributed by atoms with Gasteiger partial charge in [-0.1, -0.05) is 0 Å². The van der Waals surface area contributed by atoms with Crippen molar-refractivity contribution in [1.29, 1.82) is 0 Å². The predicted molar refractivity (Wildman–Crippen MR) is 89.3 cm³/mol. The summed E-state index contributed by atoms with van der Waals surface area (Å²) in [7, 11) is 0. The third-order valence-electron chi connectivity index (χ3n) is 5.44. The Hall–Kier alpha value is -2.03. The number of carboxylic acids is 1. The number of amides is 1. The molecule has 3 fully saturated rings. The summed E-state index contributed by atoms with van der Waals surface area (Å²) in [4.78, 5) is 26.2. The Morgan fingerprint density at radius 1 is 1.19 bits per heavy atom. The van der Waals surface area contributed by atoms with E-state index in [0.717, 1.165) is 37.4 Å². The molecule has 27 heavy (non-hydrogen) atoms. The highest BCUT2D eigenvalue weighted by Crippen LogP contribution is 2.37. The molecule has 0 bridgehead atoms. The zero-order valence-electron chi connectivity index (χ0n) is 15.0. The highest BCUT2D eigenvalue weighted by Gasteiger charge is 2.46. The number of rotatable bonds is 3. The third-order valence-corrected chi connectivity index (χ3v) is 5.44. The number of carbonyl (C=O) groups excluding carboxylic acids is 1. The van der Waals surface area contributed by atoms with Crippen molar-refractivity contribution in [3.63, 3.8) is 0 Å². The van der Waals surface area contributed by atoms with E-state index in [1.165, 1.54) is 19.4 Å². The molecule has 2 saturated heterocycles. The standard InChI is InChI=1S/C16H22N2O2.C2HF3O2/c1-11-6-9-20-15(11)16(19)18-8-5-13-14(18)4-7-17(13)10-12-2-3-12;3-2(4,5)1(6)7/h6,9,12-14H,2-5,7-8,10H2,1H3;(H,6,7)/t13-,14+;/m0./s1. The van der Waals surface area contributed by atoms with Crippen LogP contribution in [0.5, 0.6) is 0 Å². The van der Waals surface area contributed by atoms with Crippen molar-refractivity contribution in [3.05, 3.63) is 23.7 Å². The Kier molecular flexibility index (Phi) is 5.50. The van der Waals surface area contributed by atoms with Crippen molar-refractivity contribution < 1.29 is 32.3 Å². The van der Waals surface area contributed by atoms with Gasteiger partial charge in [-0.25, -0.2) is 4.79 Å². The second-order valence-electron chi connectivity index (χ2n) is 7.38. The number of nitrogens with zero attached hydrogens (tertiary/aromatic N) is 2. The van der Waals surface area contributed by atoms with E-state index in [2.05, 4.69) is 9.80 Å². The van der Waals surface area contributed by atoms with Crippen LogP contribution in [-0.2, 0) is 4.79 Å². The van der Waals surface area contributed by atoms with Crippen LogP contribution in [0.25, 0.3) is 0 Å². The first-order valence-electron chi connectivity index (χ1n) is 9.07. The number of furan rings is 1. The monoisotopic (exact) mass is 388 g/mol. The predicted octanol–water partition coefficient (Wildman–Crippen LogP) is 2.92. The van der Waals surface area contributed by atoms with Gasteiger partial charge in [0.1, 0.15) is 0 Å². The zero-order valence-corrected chi connectivity index (χ0v) is 15.0. The molecule has 2 aliphatic heterocycles. The number of aryl methyl sites for hydroxylation is 1. The van der Waals surface area contributed by atoms with E-state index in [1.54, 1.807) is 6.26 Å². The fourth-order valence-corrected chi connectivity index (χ4v) is 3.91. The molecule has 2 atom stereocenters. The second kappa shape index (κ2) is 7.53. The molecule has 3 heterocycles. The number of halogens is 3. The Morgan fingerprint density at radius 3 is 2.33 bits per heavy atom. The lowest BCUT2D eigenvalue weighted by Gasteiger charge is -2.25. The summed E-state index contributed by atoms with van der Waals surface area (Å²) in [6.07, 6.45) is 1.60. The quantitative estimate of drug-likeness (QED) is 0.862. The van der Waals surface area contributed by atoms with Gasteiger partial charge < -0.3 is 14.4 Å². The van der Waals surface area contributed by atoms with E-state index < -0.39 is 12.1 Å². The molecule has 4 rings (SSSR count). The van der Waals surface area contributed by atoms with Crippen molar-refractivity contribution in [2.75, 3.05) is 19.6 Å². The summed E-state index contributed by atoms with van der Waals surface area (Å²) in [5.74, 6) is -1.20. The van der Waals surface area contributed by atoms with Gasteiger partial charge in [0, 0.05) is 37.3 Å². The van der Waals surface area contributed by atoms with Crippen molar-refractivity contribution in [2.24, 2.45) is 5.92 Å². The van der Waals surface area contributed by atoms with Crippen molar-refractivity contribution in [2.45, 2.75) is 50.9 Å². The Balaban J connectivity index is 0.000000260. The van der Waals surface area contributed by atoms with Crippen LogP contribution in [0.15, 0.2) is 16.7 Å². The molecule has 1 aromatic rings. The number of carboxylic acid groups (broad SMARTS) is 1. The summed E-state index contributed by atoms with van der Waals surface area (Å²) in [6.45, 7) is 5.24. The molecule has 6 nitrogen and oxygen atoms in total. The molecule has 0 radical (unpaired) electrons. The lowest BCUT2D eigenvalue weighted by Crippen LogP contribution is -2.40. The highest BCUT2D eigenvalue weighted by atomic mass is 19.4. The average molecular weight is 388 g/mol. The van der Waals surface area contributed by atoms with Crippen LogP contribution >= 0.6 is 0 Å². The van der Waals surface area contributed by atoms with Gasteiger partial charge in [0.15, 0.2) is 5.76 Å². The lowest BCUT2D eigenvalue weighted by molar-refractivity contribution is -0.192. The molecule has 3 aliphatic rings. The van der Waals surface area contributed by atoms with Crippen molar-refractivity contribution in [1.82, 2.24) is 9.80 Å². The van der Waals surface area contributed by atoms with Crippen LogP contribution in [0.1, 0.15) is 41.8 Å². The number of alkyl halides is 3. The lowest BCUT2D eigenvalue weighted by atomic mass is 10.1. The van der Waals surface area contributed by atoms with Crippen LogP contribution in [0, 0.1) is 12.8 Å². The maximum absolute atomic E-state index is 12.6. The molecule has 150 valence electrons. The molecule has 0 unspecified atom stereocenters. The van der Waals surface area contributed by atoms with Crippen LogP contribution < -0.4 is 0 Å². The van der Waals surface area contributed by atoms with E-state index in [1.807, 2.05) is 13.0 Å². The van der Waals surface area contributed by atoms with E-state index in [0.29, 0.717) is 17.8 Å². The van der Waals surface area contributed by atoms with Gasteiger partial charge in [-0.15, -0.1) is 0 Å². The number of likely N-dealkylation sites (tertiary alicyclic amines) is 2. The number of hydrogen-bond donors (Lipinski definition) is 1. The fraction of sp³-hybridized carbons (Fsp3) is 0.667. The zero-order chi connectivity index (χ0) is 19.8. The summed E-state index contributed by atoms with van der Waals surface area (Å²) in [6, 6.07) is 2.87. The largest absolute Gasteiger partial charge is 0.490 e. The average Bonchev–Trinajstić information content (AvgIpc) is 2.98. The second-order valence-corrected chi connectivity index (χ2v) is 7.38. The Labute approximate surface area is 154 Å². The van der Waals surface area contributed by atoms with Crippen molar-refractivity contribution >= 4 is 11.9 Å². The summed E-state index contributed by atoms with van der Waals surface area (Å²) in [5.41, 5.74) is 0.950. The summed E-state index contributed by atoms with van der Waals surface area (Å²) < 4.78 is 37.1. The maximum atomic E-state index is 12.6. The van der Waals surface area contributed by atoms with Gasteiger partial charge >= 0.3 is 12.1 Å². The minimum Gasteiger partial charge on any atom is -0.475 e. The highest BCUT2D eigenvalue weighted by molar-refractivity contribution is 5.93. The van der Waals surface area contributed by atoms with Gasteiger partial charge in [0.05, 0.1) is 6.26 Å². The SMILES string of the molecule is Cc1ccoc1C(=O)N1CC[C@H]2[C@H]1CCN2CC1CC1.O=C(O)C(F)(F)F. The smallest absolute Gasteiger partial charge is 0.475 e. The van der Waals surface area contributed by atoms with Crippen LogP contribution in [-0.4, -0.2) is 64.7 Å². The minimum absolute atomic E-state index is 0.0910. The first-order valence-corrected chi connectivity index (χ1v) is 9.07. The molecule has 1 aliphatic carbocycles. The normalized spacial score (nSPS) is 25.1. The molecule has 1 aromatic heterocycles. The molecule has 0 aromatic carbocycles. The van der Waals surface area contributed by atoms with Gasteiger partial charge in [-0.2, -0.15) is 13.2 Å². The maximum Gasteiger partial charge on any atom is 0.490 e. The first kappa shape index (κ1) is 19.7. The first-order chi connectivity index (χ1) is 12.7. The molecule has 9 heteroatoms. The van der Waals surface area contributed by atoms with Gasteiger partial charge in [-0.3, -0.25) is 9.69 Å². The summed E-state index contributed by atoms with van der Waals surface area (Å²) in [5, 5.41) is 7.12. The van der Waals surface area contributed by atoms with Crippen LogP contribution in [0.4, 0.5) is 13.2 Å². The fourth-order valence-electron chi connectivity index (χ4n) is 3.91. The number of hydrogen-bond acceptors (Lipinski definition) is 4. The van der Waals surface area contributed by atoms with E-state index >= 15 is 0 Å². The van der Waals surface area contributed by atoms with E-state index in [-0.39, 0.29) is 5.91 Å². The third kappa shape index (κ3) is 4.45. The Morgan fingerprint density at radius 2 is 1.81 bits per heavy atom. The molecule has 0 spiro atoms. The van der Waals surface area contributed by atoms with Crippen molar-refractivity contribution in [3.8, 4) is 0 Å². The summed E-state index contributed by atoms with van der Waals surface area (Å²) >= 11 is 0. The molecular formula is C18H23F3N2O4. The molecule has 1 amide bonds.